The standard InChI is InChI=1S/C24H23NO2/c1-25-22(26)16-21(19-10-6-3-7-11-19)23(25)24(27)20-14-12-18(13-15-20)17-8-4-2-5-9-17/h2-15,21,23-24,27H,16H2,1H3/t21-,23-,24+/m1/s1. The Morgan fingerprint density at radius 2 is 1.41 bits per heavy atom. The van der Waals surface area contributed by atoms with Gasteiger partial charge in [0.2, 0.25) is 5.91 Å². The first kappa shape index (κ1) is 17.5. The molecule has 1 heterocycles. The van der Waals surface area contributed by atoms with Crippen LogP contribution in [0.2, 0.25) is 0 Å². The summed E-state index contributed by atoms with van der Waals surface area (Å²) >= 11 is 0. The molecule has 0 unspecified atom stereocenters. The molecule has 1 aliphatic rings. The molecule has 0 aromatic heterocycles. The molecule has 1 aliphatic heterocycles. The lowest BCUT2D eigenvalue weighted by Gasteiger charge is -2.30. The highest BCUT2D eigenvalue weighted by atomic mass is 16.3. The zero-order chi connectivity index (χ0) is 18.8. The van der Waals surface area contributed by atoms with E-state index in [1.165, 1.54) is 0 Å². The first-order chi connectivity index (χ1) is 13.1. The van der Waals surface area contributed by atoms with Crippen molar-refractivity contribution in [1.29, 1.82) is 0 Å². The van der Waals surface area contributed by atoms with E-state index in [-0.39, 0.29) is 17.9 Å². The van der Waals surface area contributed by atoms with Gasteiger partial charge in [0, 0.05) is 19.4 Å². The summed E-state index contributed by atoms with van der Waals surface area (Å²) in [5.41, 5.74) is 4.19. The van der Waals surface area contributed by atoms with Crippen LogP contribution in [0.3, 0.4) is 0 Å². The number of benzene rings is 3. The van der Waals surface area contributed by atoms with Crippen LogP contribution in [0, 0.1) is 0 Å². The molecule has 3 nitrogen and oxygen atoms in total. The van der Waals surface area contributed by atoms with Gasteiger partial charge >= 0.3 is 0 Å². The Labute approximate surface area is 159 Å². The maximum Gasteiger partial charge on any atom is 0.223 e. The van der Waals surface area contributed by atoms with Crippen molar-refractivity contribution >= 4 is 5.91 Å². The molecule has 0 saturated carbocycles. The smallest absolute Gasteiger partial charge is 0.223 e. The highest BCUT2D eigenvalue weighted by Gasteiger charge is 2.42. The van der Waals surface area contributed by atoms with E-state index in [4.69, 9.17) is 0 Å². The number of likely N-dealkylation sites (tertiary alicyclic amines) is 1. The van der Waals surface area contributed by atoms with Gasteiger partial charge in [0.1, 0.15) is 0 Å². The summed E-state index contributed by atoms with van der Waals surface area (Å²) in [6.07, 6.45) is -0.291. The first-order valence-corrected chi connectivity index (χ1v) is 9.29. The average Bonchev–Trinajstić information content (AvgIpc) is 3.03. The van der Waals surface area contributed by atoms with Crippen molar-refractivity contribution in [2.24, 2.45) is 0 Å². The van der Waals surface area contributed by atoms with E-state index in [9.17, 15) is 9.90 Å². The van der Waals surface area contributed by atoms with Crippen LogP contribution in [0.15, 0.2) is 84.9 Å². The Morgan fingerprint density at radius 3 is 2.04 bits per heavy atom. The van der Waals surface area contributed by atoms with Crippen molar-refractivity contribution in [1.82, 2.24) is 4.90 Å². The molecular formula is C24H23NO2. The van der Waals surface area contributed by atoms with E-state index >= 15 is 0 Å². The number of aliphatic hydroxyl groups excluding tert-OH is 1. The summed E-state index contributed by atoms with van der Waals surface area (Å²) < 4.78 is 0. The number of amides is 1. The van der Waals surface area contributed by atoms with Crippen LogP contribution in [0.1, 0.15) is 29.6 Å². The van der Waals surface area contributed by atoms with E-state index < -0.39 is 6.10 Å². The van der Waals surface area contributed by atoms with Gasteiger partial charge in [-0.15, -0.1) is 0 Å². The molecule has 27 heavy (non-hydrogen) atoms. The number of nitrogens with zero attached hydrogens (tertiary/aromatic N) is 1. The van der Waals surface area contributed by atoms with E-state index in [0.29, 0.717) is 6.42 Å². The minimum atomic E-state index is -0.725. The molecule has 0 bridgehead atoms. The third-order valence-corrected chi connectivity index (χ3v) is 5.56. The topological polar surface area (TPSA) is 40.5 Å². The Hall–Kier alpha value is -2.91. The quantitative estimate of drug-likeness (QED) is 0.752. The zero-order valence-electron chi connectivity index (χ0n) is 15.3. The first-order valence-electron chi connectivity index (χ1n) is 9.29. The minimum Gasteiger partial charge on any atom is -0.386 e. The minimum absolute atomic E-state index is 0.00694. The summed E-state index contributed by atoms with van der Waals surface area (Å²) in [6.45, 7) is 0. The number of rotatable bonds is 4. The Kier molecular flexibility index (Phi) is 4.78. The van der Waals surface area contributed by atoms with Crippen molar-refractivity contribution in [3.05, 3.63) is 96.1 Å². The van der Waals surface area contributed by atoms with Gasteiger partial charge in [-0.1, -0.05) is 84.9 Å². The van der Waals surface area contributed by atoms with E-state index in [0.717, 1.165) is 22.3 Å². The van der Waals surface area contributed by atoms with Crippen LogP contribution in [0.5, 0.6) is 0 Å². The summed E-state index contributed by atoms with van der Waals surface area (Å²) in [7, 11) is 1.79. The average molecular weight is 357 g/mol. The Bertz CT molecular complexity index is 906. The van der Waals surface area contributed by atoms with Gasteiger partial charge < -0.3 is 10.0 Å². The maximum absolute atomic E-state index is 12.4. The molecule has 136 valence electrons. The molecule has 1 amide bonds. The maximum atomic E-state index is 12.4. The number of hydrogen-bond acceptors (Lipinski definition) is 2. The molecular weight excluding hydrogens is 334 g/mol. The Balaban J connectivity index is 1.62. The largest absolute Gasteiger partial charge is 0.386 e. The number of carbonyl (C=O) groups excluding carboxylic acids is 1. The predicted molar refractivity (Wildman–Crippen MR) is 107 cm³/mol. The van der Waals surface area contributed by atoms with E-state index in [1.54, 1.807) is 11.9 Å². The van der Waals surface area contributed by atoms with Crippen LogP contribution in [-0.2, 0) is 4.79 Å². The van der Waals surface area contributed by atoms with Crippen LogP contribution in [-0.4, -0.2) is 29.0 Å². The third-order valence-electron chi connectivity index (χ3n) is 5.56. The molecule has 0 radical (unpaired) electrons. The van der Waals surface area contributed by atoms with Crippen molar-refractivity contribution in [2.45, 2.75) is 24.5 Å². The van der Waals surface area contributed by atoms with Gasteiger partial charge in [-0.25, -0.2) is 0 Å². The lowest BCUT2D eigenvalue weighted by Crippen LogP contribution is -2.36. The summed E-state index contributed by atoms with van der Waals surface area (Å²) in [5.74, 6) is 0.0707. The van der Waals surface area contributed by atoms with Crippen molar-refractivity contribution in [2.75, 3.05) is 7.05 Å². The fraction of sp³-hybridized carbons (Fsp3) is 0.208. The van der Waals surface area contributed by atoms with Gasteiger partial charge in [-0.05, 0) is 22.3 Å². The van der Waals surface area contributed by atoms with Gasteiger partial charge in [0.05, 0.1) is 12.1 Å². The van der Waals surface area contributed by atoms with Crippen LogP contribution >= 0.6 is 0 Å². The van der Waals surface area contributed by atoms with Gasteiger partial charge in [-0.2, -0.15) is 0 Å². The van der Waals surface area contributed by atoms with Crippen LogP contribution < -0.4 is 0 Å². The number of carbonyl (C=O) groups is 1. The van der Waals surface area contributed by atoms with Crippen molar-refractivity contribution < 1.29 is 9.90 Å². The lowest BCUT2D eigenvalue weighted by atomic mass is 9.86. The molecule has 3 atom stereocenters. The fourth-order valence-electron chi connectivity index (χ4n) is 4.04. The van der Waals surface area contributed by atoms with Crippen LogP contribution in [0.25, 0.3) is 11.1 Å². The SMILES string of the molecule is CN1C(=O)C[C@H](c2ccccc2)[C@@H]1[C@@H](O)c1ccc(-c2ccccc2)cc1. The predicted octanol–water partition coefficient (Wildman–Crippen LogP) is 4.40. The van der Waals surface area contributed by atoms with Gasteiger partial charge in [0.25, 0.3) is 0 Å². The monoisotopic (exact) mass is 357 g/mol. The molecule has 3 aromatic rings. The van der Waals surface area contributed by atoms with E-state index in [2.05, 4.69) is 12.1 Å². The van der Waals surface area contributed by atoms with Gasteiger partial charge in [-0.3, -0.25) is 4.79 Å². The molecule has 0 aliphatic carbocycles. The normalized spacial score (nSPS) is 20.7. The lowest BCUT2D eigenvalue weighted by molar-refractivity contribution is -0.128. The third kappa shape index (κ3) is 3.38. The highest BCUT2D eigenvalue weighted by Crippen LogP contribution is 2.40. The number of likely N-dealkylation sites (N-methyl/N-ethyl adjacent to an activating group) is 1. The van der Waals surface area contributed by atoms with E-state index in [1.807, 2.05) is 72.8 Å². The number of aliphatic hydroxyl groups is 1. The summed E-state index contributed by atoms with van der Waals surface area (Å²) in [6, 6.07) is 27.9. The second-order valence-corrected chi connectivity index (χ2v) is 7.15. The summed E-state index contributed by atoms with van der Waals surface area (Å²) in [4.78, 5) is 14.1. The molecule has 1 saturated heterocycles. The molecule has 0 spiro atoms. The number of hydrogen-bond donors (Lipinski definition) is 1. The molecule has 1 fully saturated rings. The van der Waals surface area contributed by atoms with Crippen molar-refractivity contribution in [3.63, 3.8) is 0 Å². The highest BCUT2D eigenvalue weighted by molar-refractivity contribution is 5.80. The second kappa shape index (κ2) is 7.37. The zero-order valence-corrected chi connectivity index (χ0v) is 15.3. The summed E-state index contributed by atoms with van der Waals surface area (Å²) in [5, 5.41) is 11.1. The molecule has 1 N–H and O–H groups in total. The molecule has 4 rings (SSSR count). The van der Waals surface area contributed by atoms with Gasteiger partial charge in [0.15, 0.2) is 0 Å². The molecule has 3 heteroatoms. The van der Waals surface area contributed by atoms with Crippen LogP contribution in [0.4, 0.5) is 0 Å². The Morgan fingerprint density at radius 1 is 0.852 bits per heavy atom. The fourth-order valence-corrected chi connectivity index (χ4v) is 4.04. The van der Waals surface area contributed by atoms with Crippen molar-refractivity contribution in [3.8, 4) is 11.1 Å². The molecule has 3 aromatic carbocycles. The second-order valence-electron chi connectivity index (χ2n) is 7.15.